The zero-order valence-corrected chi connectivity index (χ0v) is 7.77. The van der Waals surface area contributed by atoms with E-state index in [4.69, 9.17) is 0 Å². The van der Waals surface area contributed by atoms with Gasteiger partial charge in [0.2, 0.25) is 0 Å². The van der Waals surface area contributed by atoms with Crippen LogP contribution in [0.5, 0.6) is 0 Å². The van der Waals surface area contributed by atoms with E-state index >= 15 is 0 Å². The molecule has 0 bridgehead atoms. The van der Waals surface area contributed by atoms with E-state index in [1.165, 1.54) is 0 Å². The first-order valence-electron chi connectivity index (χ1n) is 4.31. The van der Waals surface area contributed by atoms with E-state index < -0.39 is 0 Å². The molecule has 0 aliphatic heterocycles. The Morgan fingerprint density at radius 1 is 1.00 bits per heavy atom. The first-order valence-corrected chi connectivity index (χ1v) is 4.31. The van der Waals surface area contributed by atoms with Crippen LogP contribution < -0.4 is 0 Å². The van der Waals surface area contributed by atoms with Crippen LogP contribution in [-0.4, -0.2) is 11.9 Å². The van der Waals surface area contributed by atoms with Gasteiger partial charge in [0, 0.05) is 0 Å². The van der Waals surface area contributed by atoms with Crippen molar-refractivity contribution < 1.29 is 19.1 Å². The Morgan fingerprint density at radius 3 is 1.64 bits per heavy atom. The minimum atomic E-state index is -0.331. The van der Waals surface area contributed by atoms with E-state index in [0.29, 0.717) is 12.8 Å². The van der Waals surface area contributed by atoms with Crippen LogP contribution in [0.15, 0.2) is 25.7 Å². The van der Waals surface area contributed by atoms with Crippen molar-refractivity contribution in [2.75, 3.05) is 0 Å². The maximum atomic E-state index is 11.1. The Morgan fingerprint density at radius 2 is 1.36 bits per heavy atom. The molecule has 14 heavy (non-hydrogen) atoms. The van der Waals surface area contributed by atoms with Crippen LogP contribution >= 0.6 is 0 Å². The van der Waals surface area contributed by atoms with Gasteiger partial charge in [0.25, 0.3) is 0 Å². The summed E-state index contributed by atoms with van der Waals surface area (Å²) in [5.41, 5.74) is 0. The standard InChI is InChI=1S/C10H12O4/c1-3-13-9(11)7-5-8(6-7)10(12)14-4-2/h3-4,7-8H,1-2,5-6H2. The van der Waals surface area contributed by atoms with Crippen LogP contribution in [0.1, 0.15) is 12.8 Å². The second kappa shape index (κ2) is 4.60. The van der Waals surface area contributed by atoms with Gasteiger partial charge in [-0.2, -0.15) is 0 Å². The van der Waals surface area contributed by atoms with Crippen molar-refractivity contribution in [2.24, 2.45) is 11.8 Å². The quantitative estimate of drug-likeness (QED) is 0.503. The summed E-state index contributed by atoms with van der Waals surface area (Å²) in [6.45, 7) is 6.55. The van der Waals surface area contributed by atoms with Gasteiger partial charge >= 0.3 is 11.9 Å². The van der Waals surface area contributed by atoms with E-state index in [0.717, 1.165) is 12.5 Å². The molecule has 0 unspecified atom stereocenters. The van der Waals surface area contributed by atoms with Crippen LogP contribution in [-0.2, 0) is 19.1 Å². The van der Waals surface area contributed by atoms with Crippen molar-refractivity contribution >= 4 is 11.9 Å². The van der Waals surface area contributed by atoms with E-state index in [1.54, 1.807) is 0 Å². The average Bonchev–Trinajstić information content (AvgIpc) is 2.02. The number of ether oxygens (including phenoxy) is 2. The van der Waals surface area contributed by atoms with Gasteiger partial charge in [-0.25, -0.2) is 0 Å². The lowest BCUT2D eigenvalue weighted by Crippen LogP contribution is -2.36. The molecular formula is C10H12O4. The normalized spacial score (nSPS) is 24.3. The third-order valence-corrected chi connectivity index (χ3v) is 2.20. The maximum Gasteiger partial charge on any atom is 0.313 e. The van der Waals surface area contributed by atoms with Crippen LogP contribution in [0.3, 0.4) is 0 Å². The Hall–Kier alpha value is -1.58. The molecule has 1 fully saturated rings. The van der Waals surface area contributed by atoms with Crippen LogP contribution in [0.25, 0.3) is 0 Å². The summed E-state index contributed by atoms with van der Waals surface area (Å²) in [6.07, 6.45) is 3.16. The van der Waals surface area contributed by atoms with Gasteiger partial charge in [-0.3, -0.25) is 9.59 Å². The number of carbonyl (C=O) groups excluding carboxylic acids is 2. The fourth-order valence-corrected chi connectivity index (χ4v) is 1.36. The molecule has 0 N–H and O–H groups in total. The Bertz CT molecular complexity index is 237. The molecule has 1 aliphatic rings. The van der Waals surface area contributed by atoms with Crippen molar-refractivity contribution in [3.8, 4) is 0 Å². The second-order valence-corrected chi connectivity index (χ2v) is 3.07. The van der Waals surface area contributed by atoms with Crippen molar-refractivity contribution in [1.29, 1.82) is 0 Å². The van der Waals surface area contributed by atoms with Gasteiger partial charge in [-0.1, -0.05) is 13.2 Å². The molecule has 0 radical (unpaired) electrons. The van der Waals surface area contributed by atoms with Crippen molar-refractivity contribution in [2.45, 2.75) is 12.8 Å². The predicted molar refractivity (Wildman–Crippen MR) is 48.8 cm³/mol. The summed E-state index contributed by atoms with van der Waals surface area (Å²) in [5, 5.41) is 0. The molecule has 0 atom stereocenters. The minimum Gasteiger partial charge on any atom is -0.435 e. The molecule has 0 aromatic carbocycles. The molecular weight excluding hydrogens is 184 g/mol. The maximum absolute atomic E-state index is 11.1. The fourth-order valence-electron chi connectivity index (χ4n) is 1.36. The first-order chi connectivity index (χ1) is 6.69. The molecule has 0 amide bonds. The van der Waals surface area contributed by atoms with Crippen molar-refractivity contribution in [3.05, 3.63) is 25.7 Å². The molecule has 0 aromatic rings. The molecule has 4 nitrogen and oxygen atoms in total. The van der Waals surface area contributed by atoms with E-state index in [2.05, 4.69) is 22.6 Å². The Kier molecular flexibility index (Phi) is 3.45. The Labute approximate surface area is 82.2 Å². The summed E-state index contributed by atoms with van der Waals surface area (Å²) in [5.74, 6) is -1.06. The SMILES string of the molecule is C=COC(=O)C1CC(C(=O)OC=C)C1. The summed E-state index contributed by atoms with van der Waals surface area (Å²) >= 11 is 0. The third kappa shape index (κ3) is 2.22. The second-order valence-electron chi connectivity index (χ2n) is 3.07. The molecule has 4 heteroatoms. The summed E-state index contributed by atoms with van der Waals surface area (Å²) in [4.78, 5) is 22.2. The largest absolute Gasteiger partial charge is 0.435 e. The number of esters is 2. The zero-order valence-electron chi connectivity index (χ0n) is 7.77. The molecule has 1 aliphatic carbocycles. The lowest BCUT2D eigenvalue weighted by molar-refractivity contribution is -0.155. The summed E-state index contributed by atoms with van der Waals surface area (Å²) < 4.78 is 9.17. The smallest absolute Gasteiger partial charge is 0.313 e. The monoisotopic (exact) mass is 196 g/mol. The highest BCUT2D eigenvalue weighted by Crippen LogP contribution is 2.35. The highest BCUT2D eigenvalue weighted by atomic mass is 16.5. The number of hydrogen-bond acceptors (Lipinski definition) is 4. The van der Waals surface area contributed by atoms with E-state index in [-0.39, 0.29) is 23.8 Å². The Balaban J connectivity index is 2.29. The van der Waals surface area contributed by atoms with Crippen LogP contribution in [0, 0.1) is 11.8 Å². The first kappa shape index (κ1) is 10.5. The fraction of sp³-hybridized carbons (Fsp3) is 0.400. The highest BCUT2D eigenvalue weighted by molar-refractivity contribution is 5.80. The lowest BCUT2D eigenvalue weighted by atomic mass is 9.75. The molecule has 0 spiro atoms. The predicted octanol–water partition coefficient (Wildman–Crippen LogP) is 1.39. The van der Waals surface area contributed by atoms with Gasteiger partial charge in [0.1, 0.15) is 0 Å². The molecule has 1 rings (SSSR count). The van der Waals surface area contributed by atoms with E-state index in [1.807, 2.05) is 0 Å². The minimum absolute atomic E-state index is 0.199. The van der Waals surface area contributed by atoms with Crippen molar-refractivity contribution in [1.82, 2.24) is 0 Å². The van der Waals surface area contributed by atoms with Gasteiger partial charge in [0.15, 0.2) is 0 Å². The molecule has 76 valence electrons. The highest BCUT2D eigenvalue weighted by Gasteiger charge is 2.40. The number of carbonyl (C=O) groups is 2. The topological polar surface area (TPSA) is 52.6 Å². The van der Waals surface area contributed by atoms with Crippen LogP contribution in [0.4, 0.5) is 0 Å². The van der Waals surface area contributed by atoms with Gasteiger partial charge < -0.3 is 9.47 Å². The molecule has 0 aromatic heterocycles. The lowest BCUT2D eigenvalue weighted by Gasteiger charge is -2.30. The average molecular weight is 196 g/mol. The summed E-state index contributed by atoms with van der Waals surface area (Å²) in [6, 6.07) is 0. The molecule has 0 heterocycles. The number of hydrogen-bond donors (Lipinski definition) is 0. The molecule has 0 saturated heterocycles. The van der Waals surface area contributed by atoms with E-state index in [9.17, 15) is 9.59 Å². The third-order valence-electron chi connectivity index (χ3n) is 2.20. The molecule has 1 saturated carbocycles. The number of rotatable bonds is 4. The van der Waals surface area contributed by atoms with Gasteiger partial charge in [0.05, 0.1) is 24.4 Å². The van der Waals surface area contributed by atoms with Gasteiger partial charge in [-0.15, -0.1) is 0 Å². The zero-order chi connectivity index (χ0) is 10.6. The van der Waals surface area contributed by atoms with Crippen LogP contribution in [0.2, 0.25) is 0 Å². The van der Waals surface area contributed by atoms with Crippen molar-refractivity contribution in [3.63, 3.8) is 0 Å². The summed E-state index contributed by atoms with van der Waals surface area (Å²) in [7, 11) is 0. The van der Waals surface area contributed by atoms with Gasteiger partial charge in [-0.05, 0) is 12.8 Å².